The highest BCUT2D eigenvalue weighted by Crippen LogP contribution is 2.18. The summed E-state index contributed by atoms with van der Waals surface area (Å²) < 4.78 is 5.29. The number of nitrogens with one attached hydrogen (secondary N) is 1. The average molecular weight is 319 g/mol. The van der Waals surface area contributed by atoms with Crippen molar-refractivity contribution in [2.45, 2.75) is 25.3 Å². The first-order chi connectivity index (χ1) is 11.8. The number of amides is 1. The Kier molecular flexibility index (Phi) is 5.46. The molecule has 0 aliphatic rings. The molecule has 3 rings (SSSR count). The van der Waals surface area contributed by atoms with Crippen LogP contribution in [0.3, 0.4) is 0 Å². The van der Waals surface area contributed by atoms with Crippen molar-refractivity contribution in [3.63, 3.8) is 0 Å². The van der Waals surface area contributed by atoms with Crippen LogP contribution in [0.5, 0.6) is 0 Å². The normalized spacial score (nSPS) is 11.8. The van der Waals surface area contributed by atoms with Gasteiger partial charge in [0.1, 0.15) is 5.76 Å². The molecule has 1 heterocycles. The van der Waals surface area contributed by atoms with Gasteiger partial charge in [0.05, 0.1) is 12.3 Å². The van der Waals surface area contributed by atoms with Crippen molar-refractivity contribution in [3.8, 4) is 0 Å². The second-order valence-corrected chi connectivity index (χ2v) is 5.80. The van der Waals surface area contributed by atoms with Crippen LogP contribution in [0.15, 0.2) is 83.5 Å². The van der Waals surface area contributed by atoms with E-state index < -0.39 is 0 Å². The molecule has 0 spiro atoms. The van der Waals surface area contributed by atoms with Crippen LogP contribution in [0.25, 0.3) is 0 Å². The maximum atomic E-state index is 12.4. The Labute approximate surface area is 142 Å². The summed E-state index contributed by atoms with van der Waals surface area (Å²) in [6.45, 7) is 0. The van der Waals surface area contributed by atoms with Gasteiger partial charge in [-0.2, -0.15) is 0 Å². The van der Waals surface area contributed by atoms with Crippen molar-refractivity contribution in [3.05, 3.63) is 95.9 Å². The van der Waals surface area contributed by atoms with Gasteiger partial charge in [0.25, 0.3) is 0 Å². The summed E-state index contributed by atoms with van der Waals surface area (Å²) in [6.07, 6.45) is 3.45. The molecule has 0 saturated heterocycles. The minimum Gasteiger partial charge on any atom is -0.469 e. The Bertz CT molecular complexity index is 736. The van der Waals surface area contributed by atoms with Gasteiger partial charge < -0.3 is 9.73 Å². The summed E-state index contributed by atoms with van der Waals surface area (Å²) in [4.78, 5) is 12.4. The lowest BCUT2D eigenvalue weighted by molar-refractivity contribution is -0.121. The molecule has 0 fully saturated rings. The predicted octanol–water partition coefficient (Wildman–Crippen LogP) is 4.31. The van der Waals surface area contributed by atoms with Gasteiger partial charge in [-0.3, -0.25) is 4.79 Å². The number of benzene rings is 2. The zero-order chi connectivity index (χ0) is 16.6. The molecule has 0 aliphatic heterocycles. The molecule has 1 unspecified atom stereocenters. The van der Waals surface area contributed by atoms with Crippen LogP contribution in [0, 0.1) is 0 Å². The Morgan fingerprint density at radius 3 is 2.29 bits per heavy atom. The highest BCUT2D eigenvalue weighted by Gasteiger charge is 2.15. The third kappa shape index (κ3) is 4.59. The summed E-state index contributed by atoms with van der Waals surface area (Å²) in [7, 11) is 0. The van der Waals surface area contributed by atoms with E-state index in [1.54, 1.807) is 6.26 Å². The minimum atomic E-state index is -0.0299. The van der Waals surface area contributed by atoms with Crippen LogP contribution < -0.4 is 5.32 Å². The smallest absolute Gasteiger partial charge is 0.220 e. The minimum absolute atomic E-state index is 0.0299. The second kappa shape index (κ2) is 8.16. The third-order valence-electron chi connectivity index (χ3n) is 4.00. The van der Waals surface area contributed by atoms with Crippen molar-refractivity contribution in [2.24, 2.45) is 0 Å². The van der Waals surface area contributed by atoms with Crippen LogP contribution >= 0.6 is 0 Å². The van der Waals surface area contributed by atoms with Crippen molar-refractivity contribution < 1.29 is 9.21 Å². The Morgan fingerprint density at radius 1 is 0.917 bits per heavy atom. The molecule has 0 saturated carbocycles. The van der Waals surface area contributed by atoms with Gasteiger partial charge >= 0.3 is 0 Å². The lowest BCUT2D eigenvalue weighted by Gasteiger charge is -2.19. The summed E-state index contributed by atoms with van der Waals surface area (Å²) >= 11 is 0. The van der Waals surface area contributed by atoms with Gasteiger partial charge in [-0.15, -0.1) is 0 Å². The van der Waals surface area contributed by atoms with E-state index in [4.69, 9.17) is 4.42 Å². The number of carbonyl (C=O) groups excluding carboxylic acids is 1. The molecule has 24 heavy (non-hydrogen) atoms. The summed E-state index contributed by atoms with van der Waals surface area (Å²) in [5, 5.41) is 3.16. The van der Waals surface area contributed by atoms with Crippen LogP contribution in [0.2, 0.25) is 0 Å². The van der Waals surface area contributed by atoms with Crippen molar-refractivity contribution in [2.75, 3.05) is 0 Å². The van der Waals surface area contributed by atoms with Gasteiger partial charge in [-0.05, 0) is 29.7 Å². The summed E-state index contributed by atoms with van der Waals surface area (Å²) in [5.41, 5.74) is 2.32. The molecular formula is C21H21NO2. The lowest BCUT2D eigenvalue weighted by Crippen LogP contribution is -2.30. The molecule has 0 aliphatic carbocycles. The van der Waals surface area contributed by atoms with Crippen LogP contribution in [-0.4, -0.2) is 5.91 Å². The SMILES string of the molecule is O=C(CCc1ccco1)NC(Cc1ccccc1)c1ccccc1. The van der Waals surface area contributed by atoms with E-state index in [1.807, 2.05) is 48.5 Å². The van der Waals surface area contributed by atoms with Gasteiger partial charge in [0, 0.05) is 12.8 Å². The average Bonchev–Trinajstić information content (AvgIpc) is 3.15. The Morgan fingerprint density at radius 2 is 1.62 bits per heavy atom. The van der Waals surface area contributed by atoms with E-state index in [0.29, 0.717) is 12.8 Å². The van der Waals surface area contributed by atoms with Crippen LogP contribution in [0.1, 0.15) is 29.3 Å². The highest BCUT2D eigenvalue weighted by molar-refractivity contribution is 5.76. The summed E-state index contributed by atoms with van der Waals surface area (Å²) in [5.74, 6) is 0.876. The predicted molar refractivity (Wildman–Crippen MR) is 94.5 cm³/mol. The first kappa shape index (κ1) is 16.1. The molecule has 3 aromatic rings. The Hall–Kier alpha value is -2.81. The first-order valence-corrected chi connectivity index (χ1v) is 8.22. The number of hydrogen-bond donors (Lipinski definition) is 1. The van der Waals surface area contributed by atoms with E-state index in [2.05, 4.69) is 29.6 Å². The first-order valence-electron chi connectivity index (χ1n) is 8.22. The largest absolute Gasteiger partial charge is 0.469 e. The van der Waals surface area contributed by atoms with Crippen LogP contribution in [0.4, 0.5) is 0 Å². The van der Waals surface area contributed by atoms with Crippen molar-refractivity contribution >= 4 is 5.91 Å². The molecule has 122 valence electrons. The fourth-order valence-electron chi connectivity index (χ4n) is 2.75. The van der Waals surface area contributed by atoms with Gasteiger partial charge in [-0.1, -0.05) is 60.7 Å². The maximum absolute atomic E-state index is 12.4. The molecule has 3 heteroatoms. The van der Waals surface area contributed by atoms with Gasteiger partial charge in [0.15, 0.2) is 0 Å². The standard InChI is InChI=1S/C21H21NO2/c23-21(14-13-19-12-7-15-24-19)22-20(18-10-5-2-6-11-18)16-17-8-3-1-4-9-17/h1-12,15,20H,13-14,16H2,(H,22,23). The number of rotatable bonds is 7. The second-order valence-electron chi connectivity index (χ2n) is 5.80. The van der Waals surface area contributed by atoms with Gasteiger partial charge in [0.2, 0.25) is 5.91 Å². The van der Waals surface area contributed by atoms with Crippen molar-refractivity contribution in [1.29, 1.82) is 0 Å². The van der Waals surface area contributed by atoms with E-state index in [-0.39, 0.29) is 11.9 Å². The number of furan rings is 1. The quantitative estimate of drug-likeness (QED) is 0.705. The van der Waals surface area contributed by atoms with E-state index >= 15 is 0 Å². The fraction of sp³-hybridized carbons (Fsp3) is 0.190. The monoisotopic (exact) mass is 319 g/mol. The van der Waals surface area contributed by atoms with Gasteiger partial charge in [-0.25, -0.2) is 0 Å². The van der Waals surface area contributed by atoms with E-state index in [1.165, 1.54) is 5.56 Å². The molecule has 1 N–H and O–H groups in total. The van der Waals surface area contributed by atoms with E-state index in [0.717, 1.165) is 17.7 Å². The molecule has 0 bridgehead atoms. The molecule has 2 aromatic carbocycles. The molecule has 1 atom stereocenters. The third-order valence-corrected chi connectivity index (χ3v) is 4.00. The van der Waals surface area contributed by atoms with E-state index in [9.17, 15) is 4.79 Å². The summed E-state index contributed by atoms with van der Waals surface area (Å²) in [6, 6.07) is 24.0. The van der Waals surface area contributed by atoms with Crippen molar-refractivity contribution in [1.82, 2.24) is 5.32 Å². The lowest BCUT2D eigenvalue weighted by atomic mass is 9.98. The number of aryl methyl sites for hydroxylation is 1. The fourth-order valence-corrected chi connectivity index (χ4v) is 2.75. The highest BCUT2D eigenvalue weighted by atomic mass is 16.3. The van der Waals surface area contributed by atoms with Crippen LogP contribution in [-0.2, 0) is 17.6 Å². The zero-order valence-corrected chi connectivity index (χ0v) is 13.5. The number of carbonyl (C=O) groups is 1. The molecule has 1 aromatic heterocycles. The Balaban J connectivity index is 1.66. The molecule has 1 amide bonds. The topological polar surface area (TPSA) is 42.2 Å². The maximum Gasteiger partial charge on any atom is 0.220 e. The zero-order valence-electron chi connectivity index (χ0n) is 13.5. The number of hydrogen-bond acceptors (Lipinski definition) is 2. The molecule has 0 radical (unpaired) electrons. The molecular weight excluding hydrogens is 298 g/mol. The molecule has 3 nitrogen and oxygen atoms in total.